The summed E-state index contributed by atoms with van der Waals surface area (Å²) in [7, 11) is 0. The molecular weight excluding hydrogens is 538 g/mol. The van der Waals surface area contributed by atoms with Crippen molar-refractivity contribution in [2.45, 2.75) is 56.3 Å². The zero-order valence-electron chi connectivity index (χ0n) is 22.0. The Bertz CT molecular complexity index is 1130. The number of carboxylic acids is 1. The molecule has 218 valence electrons. The van der Waals surface area contributed by atoms with E-state index < -0.39 is 47.9 Å². The lowest BCUT2D eigenvalue weighted by Crippen LogP contribution is -2.58. The Kier molecular flexibility index (Phi) is 13.2. The molecule has 40 heavy (non-hydrogen) atoms. The molecule has 0 heterocycles. The van der Waals surface area contributed by atoms with E-state index in [2.05, 4.69) is 28.6 Å². The van der Waals surface area contributed by atoms with Gasteiger partial charge in [0.05, 0.1) is 6.04 Å². The average molecular weight is 576 g/mol. The first-order valence-corrected chi connectivity index (χ1v) is 13.4. The van der Waals surface area contributed by atoms with E-state index in [4.69, 9.17) is 11.5 Å². The Morgan fingerprint density at radius 1 is 0.725 bits per heavy atom. The summed E-state index contributed by atoms with van der Waals surface area (Å²) >= 11 is 4.02. The van der Waals surface area contributed by atoms with Crippen molar-refractivity contribution >= 4 is 36.3 Å². The van der Waals surface area contributed by atoms with Crippen LogP contribution in [0.2, 0.25) is 0 Å². The van der Waals surface area contributed by atoms with E-state index in [0.717, 1.165) is 0 Å². The number of carboxylic acid groups (broad SMARTS) is 1. The molecule has 3 amide bonds. The maximum absolute atomic E-state index is 13.5. The summed E-state index contributed by atoms with van der Waals surface area (Å²) in [5, 5.41) is 36.5. The number of phenolic OH excluding ortho intramolecular Hbond substituents is 2. The largest absolute Gasteiger partial charge is 0.508 e. The highest BCUT2D eigenvalue weighted by Crippen LogP contribution is 2.14. The van der Waals surface area contributed by atoms with Crippen LogP contribution in [0.3, 0.4) is 0 Å². The van der Waals surface area contributed by atoms with Crippen LogP contribution in [-0.4, -0.2) is 75.5 Å². The monoisotopic (exact) mass is 575 g/mol. The van der Waals surface area contributed by atoms with Gasteiger partial charge in [0.2, 0.25) is 17.7 Å². The maximum atomic E-state index is 13.5. The summed E-state index contributed by atoms with van der Waals surface area (Å²) in [4.78, 5) is 51.1. The van der Waals surface area contributed by atoms with Crippen molar-refractivity contribution in [3.05, 3.63) is 59.7 Å². The van der Waals surface area contributed by atoms with Gasteiger partial charge in [0, 0.05) is 18.6 Å². The van der Waals surface area contributed by atoms with E-state index in [1.165, 1.54) is 24.3 Å². The minimum absolute atomic E-state index is 0.0110. The molecule has 0 aromatic heterocycles. The van der Waals surface area contributed by atoms with Gasteiger partial charge in [-0.3, -0.25) is 14.4 Å². The standard InChI is InChI=1S/C27H37N5O7S/c28-12-2-1-3-21(27(38)39)30-25(36)23(14-17-6-10-19(34)11-7-17)32-26(37)22(31-24(35)20(29)15-40)13-16-4-8-18(33)9-5-16/h4-11,20-23,33-34,40H,1-3,12-15,28-29H2,(H,30,36)(H,31,35)(H,32,37)(H,38,39). The minimum atomic E-state index is -1.22. The number of carbonyl (C=O) groups is 4. The van der Waals surface area contributed by atoms with Crippen molar-refractivity contribution < 1.29 is 34.5 Å². The van der Waals surface area contributed by atoms with E-state index in [1.54, 1.807) is 24.3 Å². The number of phenols is 2. The number of unbranched alkanes of at least 4 members (excludes halogenated alkanes) is 1. The van der Waals surface area contributed by atoms with Crippen molar-refractivity contribution in [3.8, 4) is 11.5 Å². The quantitative estimate of drug-likeness (QED) is 0.0955. The van der Waals surface area contributed by atoms with Gasteiger partial charge in [-0.05, 0) is 61.2 Å². The number of aliphatic carboxylic acids is 1. The first kappa shape index (κ1) is 32.4. The molecular formula is C27H37N5O7S. The number of hydrogen-bond donors (Lipinski definition) is 9. The van der Waals surface area contributed by atoms with Crippen LogP contribution in [0.15, 0.2) is 48.5 Å². The highest BCUT2D eigenvalue weighted by atomic mass is 32.1. The van der Waals surface area contributed by atoms with E-state index in [9.17, 15) is 34.5 Å². The Balaban J connectivity index is 2.31. The Morgan fingerprint density at radius 2 is 1.15 bits per heavy atom. The molecule has 13 heteroatoms. The highest BCUT2D eigenvalue weighted by molar-refractivity contribution is 7.80. The van der Waals surface area contributed by atoms with E-state index in [0.29, 0.717) is 30.5 Å². The summed E-state index contributed by atoms with van der Waals surface area (Å²) in [6.07, 6.45) is 1.21. The van der Waals surface area contributed by atoms with Gasteiger partial charge in [0.25, 0.3) is 0 Å². The fourth-order valence-corrected chi connectivity index (χ4v) is 3.98. The lowest BCUT2D eigenvalue weighted by molar-refractivity contribution is -0.142. The summed E-state index contributed by atoms with van der Waals surface area (Å²) in [6, 6.07) is 7.46. The molecule has 0 aliphatic heterocycles. The van der Waals surface area contributed by atoms with Crippen LogP contribution >= 0.6 is 12.6 Å². The van der Waals surface area contributed by atoms with Gasteiger partial charge in [-0.2, -0.15) is 12.6 Å². The summed E-state index contributed by atoms with van der Waals surface area (Å²) in [6.45, 7) is 0.380. The number of carbonyl (C=O) groups excluding carboxylic acids is 3. The number of hydrogen-bond acceptors (Lipinski definition) is 9. The molecule has 2 rings (SSSR count). The normalized spacial score (nSPS) is 13.9. The number of nitrogens with two attached hydrogens (primary N) is 2. The molecule has 10 N–H and O–H groups in total. The van der Waals surface area contributed by atoms with Gasteiger partial charge in [-0.15, -0.1) is 0 Å². The molecule has 0 aliphatic carbocycles. The van der Waals surface area contributed by atoms with Crippen LogP contribution < -0.4 is 27.4 Å². The van der Waals surface area contributed by atoms with Crippen molar-refractivity contribution in [1.29, 1.82) is 0 Å². The topological polar surface area (TPSA) is 217 Å². The smallest absolute Gasteiger partial charge is 0.326 e. The first-order chi connectivity index (χ1) is 19.0. The van der Waals surface area contributed by atoms with Gasteiger partial charge in [-0.1, -0.05) is 24.3 Å². The zero-order chi connectivity index (χ0) is 29.7. The number of nitrogens with one attached hydrogen (secondary N) is 3. The van der Waals surface area contributed by atoms with Gasteiger partial charge in [0.1, 0.15) is 29.6 Å². The van der Waals surface area contributed by atoms with Gasteiger partial charge in [0.15, 0.2) is 0 Å². The van der Waals surface area contributed by atoms with E-state index in [-0.39, 0.29) is 36.5 Å². The molecule has 0 saturated carbocycles. The molecule has 4 atom stereocenters. The second-order valence-corrected chi connectivity index (χ2v) is 9.70. The van der Waals surface area contributed by atoms with Crippen LogP contribution in [0.25, 0.3) is 0 Å². The van der Waals surface area contributed by atoms with Gasteiger partial charge < -0.3 is 42.7 Å². The first-order valence-electron chi connectivity index (χ1n) is 12.8. The van der Waals surface area contributed by atoms with Crippen LogP contribution in [0, 0.1) is 0 Å². The predicted molar refractivity (Wildman–Crippen MR) is 152 cm³/mol. The fourth-order valence-electron chi connectivity index (χ4n) is 3.81. The molecule has 0 fully saturated rings. The summed E-state index contributed by atoms with van der Waals surface area (Å²) < 4.78 is 0. The molecule has 2 aromatic carbocycles. The Morgan fingerprint density at radius 3 is 1.55 bits per heavy atom. The third-order valence-electron chi connectivity index (χ3n) is 6.11. The average Bonchev–Trinajstić information content (AvgIpc) is 2.93. The molecule has 2 aromatic rings. The second kappa shape index (κ2) is 16.3. The Hall–Kier alpha value is -3.81. The lowest BCUT2D eigenvalue weighted by atomic mass is 10.0. The van der Waals surface area contributed by atoms with Crippen LogP contribution in [-0.2, 0) is 32.0 Å². The number of benzene rings is 2. The zero-order valence-corrected chi connectivity index (χ0v) is 22.8. The van der Waals surface area contributed by atoms with E-state index in [1.807, 2.05) is 0 Å². The van der Waals surface area contributed by atoms with Gasteiger partial charge in [-0.25, -0.2) is 4.79 Å². The molecule has 12 nitrogen and oxygen atoms in total. The number of amides is 3. The number of thiol groups is 1. The third kappa shape index (κ3) is 10.8. The Labute approximate surface area is 237 Å². The summed E-state index contributed by atoms with van der Waals surface area (Å²) in [5.41, 5.74) is 12.5. The number of aromatic hydroxyl groups is 2. The van der Waals surface area contributed by atoms with E-state index >= 15 is 0 Å². The van der Waals surface area contributed by atoms with Gasteiger partial charge >= 0.3 is 5.97 Å². The summed E-state index contributed by atoms with van der Waals surface area (Å²) in [5.74, 6) is -3.22. The van der Waals surface area contributed by atoms with Crippen LogP contribution in [0.4, 0.5) is 0 Å². The maximum Gasteiger partial charge on any atom is 0.326 e. The third-order valence-corrected chi connectivity index (χ3v) is 6.51. The predicted octanol–water partition coefficient (Wildman–Crippen LogP) is -0.192. The lowest BCUT2D eigenvalue weighted by Gasteiger charge is -2.25. The number of rotatable bonds is 16. The van der Waals surface area contributed by atoms with Crippen molar-refractivity contribution in [1.82, 2.24) is 16.0 Å². The fraction of sp³-hybridized carbons (Fsp3) is 0.407. The molecule has 0 saturated heterocycles. The molecule has 0 radical (unpaired) electrons. The SMILES string of the molecule is NCCCCC(NC(=O)C(Cc1ccc(O)cc1)NC(=O)C(Cc1ccc(O)cc1)NC(=O)C(N)CS)C(=O)O. The minimum Gasteiger partial charge on any atom is -0.508 e. The van der Waals surface area contributed by atoms with Crippen LogP contribution in [0.5, 0.6) is 11.5 Å². The molecule has 4 unspecified atom stereocenters. The van der Waals surface area contributed by atoms with Crippen molar-refractivity contribution in [2.24, 2.45) is 11.5 Å². The highest BCUT2D eigenvalue weighted by Gasteiger charge is 2.30. The molecule has 0 bridgehead atoms. The molecule has 0 aliphatic rings. The molecule has 0 spiro atoms. The second-order valence-electron chi connectivity index (χ2n) is 9.34. The van der Waals surface area contributed by atoms with Crippen LogP contribution in [0.1, 0.15) is 30.4 Å². The van der Waals surface area contributed by atoms with Crippen molar-refractivity contribution in [3.63, 3.8) is 0 Å². The van der Waals surface area contributed by atoms with Crippen molar-refractivity contribution in [2.75, 3.05) is 12.3 Å².